The molecule has 0 spiro atoms. The molecule has 1 aromatic carbocycles. The van der Waals surface area contributed by atoms with Crippen molar-refractivity contribution >= 4 is 11.6 Å². The van der Waals surface area contributed by atoms with Crippen LogP contribution in [0.5, 0.6) is 0 Å². The highest BCUT2D eigenvalue weighted by molar-refractivity contribution is 6.21. The van der Waals surface area contributed by atoms with Crippen molar-refractivity contribution in [3.05, 3.63) is 34.9 Å². The summed E-state index contributed by atoms with van der Waals surface area (Å²) in [6, 6.07) is 6.80. The Morgan fingerprint density at radius 1 is 1.06 bits per heavy atom. The Labute approximate surface area is 111 Å². The molecule has 1 atom stereocenters. The first-order valence-corrected chi connectivity index (χ1v) is 6.94. The lowest BCUT2D eigenvalue weighted by Crippen LogP contribution is -2.20. The molecular weight excluding hydrogens is 228 g/mol. The van der Waals surface area contributed by atoms with Gasteiger partial charge in [-0.3, -0.25) is 0 Å². The molecule has 0 N–H and O–H groups in total. The monoisotopic (exact) mass is 252 g/mol. The molecule has 1 aromatic rings. The lowest BCUT2D eigenvalue weighted by Gasteiger charge is -2.25. The van der Waals surface area contributed by atoms with Crippen LogP contribution in [0.15, 0.2) is 18.2 Å². The molecule has 0 aromatic heterocycles. The van der Waals surface area contributed by atoms with Gasteiger partial charge in [-0.25, -0.2) is 0 Å². The second kappa shape index (κ2) is 5.91. The molecule has 0 fully saturated rings. The third kappa shape index (κ3) is 5.12. The standard InChI is InChI=1S/C16H25Cl/c1-12-9-13(2)11-14(10-12)7-6-8-15(17)16(3,4)5/h9-11,15H,6-8H2,1-5H3. The van der Waals surface area contributed by atoms with Gasteiger partial charge in [-0.15, -0.1) is 11.6 Å². The van der Waals surface area contributed by atoms with Crippen molar-refractivity contribution in [2.75, 3.05) is 0 Å². The van der Waals surface area contributed by atoms with E-state index in [4.69, 9.17) is 11.6 Å². The quantitative estimate of drug-likeness (QED) is 0.640. The first-order valence-electron chi connectivity index (χ1n) is 6.50. The van der Waals surface area contributed by atoms with Crippen molar-refractivity contribution in [2.45, 2.75) is 59.3 Å². The van der Waals surface area contributed by atoms with Crippen LogP contribution in [-0.2, 0) is 6.42 Å². The average molecular weight is 253 g/mol. The molecule has 96 valence electrons. The minimum atomic E-state index is 0.212. The number of hydrogen-bond donors (Lipinski definition) is 0. The summed E-state index contributed by atoms with van der Waals surface area (Å²) in [5, 5.41) is 0.272. The van der Waals surface area contributed by atoms with Gasteiger partial charge >= 0.3 is 0 Å². The van der Waals surface area contributed by atoms with Crippen LogP contribution >= 0.6 is 11.6 Å². The molecule has 0 amide bonds. The van der Waals surface area contributed by atoms with Gasteiger partial charge < -0.3 is 0 Å². The number of alkyl halides is 1. The van der Waals surface area contributed by atoms with Crippen LogP contribution in [0.3, 0.4) is 0 Å². The number of benzene rings is 1. The minimum Gasteiger partial charge on any atom is -0.122 e. The van der Waals surface area contributed by atoms with E-state index in [1.165, 1.54) is 23.1 Å². The van der Waals surface area contributed by atoms with Gasteiger partial charge in [0.1, 0.15) is 0 Å². The van der Waals surface area contributed by atoms with E-state index in [0.717, 1.165) is 12.8 Å². The van der Waals surface area contributed by atoms with Crippen LogP contribution in [0, 0.1) is 19.3 Å². The Hall–Kier alpha value is -0.490. The molecule has 0 saturated heterocycles. The summed E-state index contributed by atoms with van der Waals surface area (Å²) in [5.41, 5.74) is 4.38. The third-order valence-corrected chi connectivity index (χ3v) is 4.02. The van der Waals surface area contributed by atoms with Crippen molar-refractivity contribution in [1.82, 2.24) is 0 Å². The zero-order valence-electron chi connectivity index (χ0n) is 11.8. The second-order valence-electron chi connectivity index (χ2n) is 6.22. The molecule has 1 heteroatoms. The van der Waals surface area contributed by atoms with Crippen LogP contribution in [0.2, 0.25) is 0 Å². The SMILES string of the molecule is Cc1cc(C)cc(CCCC(Cl)C(C)(C)C)c1. The minimum absolute atomic E-state index is 0.212. The molecule has 0 aliphatic rings. The topological polar surface area (TPSA) is 0 Å². The maximum atomic E-state index is 6.39. The number of halogens is 1. The lowest BCUT2D eigenvalue weighted by molar-refractivity contribution is 0.369. The Morgan fingerprint density at radius 2 is 1.59 bits per heavy atom. The molecule has 0 bridgehead atoms. The molecular formula is C16H25Cl. The molecule has 0 nitrogen and oxygen atoms in total. The fourth-order valence-corrected chi connectivity index (χ4v) is 2.29. The summed E-state index contributed by atoms with van der Waals surface area (Å²) in [7, 11) is 0. The normalized spacial score (nSPS) is 13.8. The van der Waals surface area contributed by atoms with Gasteiger partial charge in [0, 0.05) is 5.38 Å². The summed E-state index contributed by atoms with van der Waals surface area (Å²) in [5.74, 6) is 0. The van der Waals surface area contributed by atoms with Gasteiger partial charge in [0.25, 0.3) is 0 Å². The van der Waals surface area contributed by atoms with E-state index >= 15 is 0 Å². The number of rotatable bonds is 4. The van der Waals surface area contributed by atoms with Crippen LogP contribution in [0.1, 0.15) is 50.3 Å². The summed E-state index contributed by atoms with van der Waals surface area (Å²) < 4.78 is 0. The summed E-state index contributed by atoms with van der Waals surface area (Å²) in [6.45, 7) is 11.0. The Balaban J connectivity index is 2.46. The molecule has 0 saturated carbocycles. The van der Waals surface area contributed by atoms with Crippen LogP contribution in [0.4, 0.5) is 0 Å². The highest BCUT2D eigenvalue weighted by atomic mass is 35.5. The van der Waals surface area contributed by atoms with E-state index in [9.17, 15) is 0 Å². The van der Waals surface area contributed by atoms with Gasteiger partial charge in [0.2, 0.25) is 0 Å². The van der Waals surface area contributed by atoms with Gasteiger partial charge in [-0.1, -0.05) is 50.1 Å². The smallest absolute Gasteiger partial charge is 0.0384 e. The highest BCUT2D eigenvalue weighted by Gasteiger charge is 2.21. The van der Waals surface area contributed by atoms with Crippen molar-refractivity contribution in [3.63, 3.8) is 0 Å². The zero-order valence-corrected chi connectivity index (χ0v) is 12.6. The predicted octanol–water partition coefficient (Wildman–Crippen LogP) is 5.28. The van der Waals surface area contributed by atoms with Crippen molar-refractivity contribution < 1.29 is 0 Å². The Morgan fingerprint density at radius 3 is 2.06 bits per heavy atom. The molecule has 0 aliphatic heterocycles. The van der Waals surface area contributed by atoms with Gasteiger partial charge in [0.05, 0.1) is 0 Å². The van der Waals surface area contributed by atoms with Crippen LogP contribution in [-0.4, -0.2) is 5.38 Å². The molecule has 0 radical (unpaired) electrons. The Kier molecular flexibility index (Phi) is 5.06. The average Bonchev–Trinajstić information content (AvgIpc) is 2.14. The fourth-order valence-electron chi connectivity index (χ4n) is 2.13. The molecule has 17 heavy (non-hydrogen) atoms. The van der Waals surface area contributed by atoms with E-state index in [1.54, 1.807) is 0 Å². The molecule has 0 heterocycles. The zero-order chi connectivity index (χ0) is 13.1. The van der Waals surface area contributed by atoms with E-state index in [1.807, 2.05) is 0 Å². The second-order valence-corrected chi connectivity index (χ2v) is 6.75. The highest BCUT2D eigenvalue weighted by Crippen LogP contribution is 2.28. The molecule has 0 aliphatic carbocycles. The van der Waals surface area contributed by atoms with E-state index in [-0.39, 0.29) is 10.8 Å². The number of aryl methyl sites for hydroxylation is 3. The van der Waals surface area contributed by atoms with Crippen molar-refractivity contribution in [3.8, 4) is 0 Å². The maximum Gasteiger partial charge on any atom is 0.0384 e. The van der Waals surface area contributed by atoms with Crippen molar-refractivity contribution in [1.29, 1.82) is 0 Å². The summed E-state index contributed by atoms with van der Waals surface area (Å²) >= 11 is 6.39. The van der Waals surface area contributed by atoms with Crippen LogP contribution < -0.4 is 0 Å². The van der Waals surface area contributed by atoms with E-state index in [0.29, 0.717) is 0 Å². The first kappa shape index (κ1) is 14.6. The molecule has 1 rings (SSSR count). The first-order chi connectivity index (χ1) is 7.79. The Bertz CT molecular complexity index is 340. The predicted molar refractivity (Wildman–Crippen MR) is 78.0 cm³/mol. The largest absolute Gasteiger partial charge is 0.122 e. The van der Waals surface area contributed by atoms with Crippen LogP contribution in [0.25, 0.3) is 0 Å². The van der Waals surface area contributed by atoms with E-state index in [2.05, 4.69) is 52.8 Å². The maximum absolute atomic E-state index is 6.39. The molecule has 1 unspecified atom stereocenters. The van der Waals surface area contributed by atoms with Gasteiger partial charge in [0.15, 0.2) is 0 Å². The number of hydrogen-bond acceptors (Lipinski definition) is 0. The summed E-state index contributed by atoms with van der Waals surface area (Å²) in [6.07, 6.45) is 3.41. The van der Waals surface area contributed by atoms with Crippen molar-refractivity contribution in [2.24, 2.45) is 5.41 Å². The van der Waals surface area contributed by atoms with Gasteiger partial charge in [-0.05, 0) is 44.1 Å². The lowest BCUT2D eigenvalue weighted by atomic mass is 9.88. The fraction of sp³-hybridized carbons (Fsp3) is 0.625. The summed E-state index contributed by atoms with van der Waals surface area (Å²) in [4.78, 5) is 0. The van der Waals surface area contributed by atoms with E-state index < -0.39 is 0 Å². The third-order valence-electron chi connectivity index (χ3n) is 3.14. The van der Waals surface area contributed by atoms with Gasteiger partial charge in [-0.2, -0.15) is 0 Å².